The van der Waals surface area contributed by atoms with E-state index in [2.05, 4.69) is 4.98 Å². The maximum atomic E-state index is 15.4. The van der Waals surface area contributed by atoms with E-state index < -0.39 is 49.3 Å². The fourth-order valence-electron chi connectivity index (χ4n) is 3.78. The van der Waals surface area contributed by atoms with Gasteiger partial charge in [-0.25, -0.2) is 13.6 Å². The molecule has 0 radical (unpaired) electrons. The average molecular weight is 622 g/mol. The van der Waals surface area contributed by atoms with Gasteiger partial charge >= 0.3 is 18.3 Å². The topological polar surface area (TPSA) is 137 Å². The molecule has 1 aliphatic rings. The number of aromatic nitrogens is 2. The minimum atomic E-state index is -4.66. The first-order valence-corrected chi connectivity index (χ1v) is 14.2. The number of nitrogens with zero attached hydrogens (tertiary/aromatic N) is 2. The van der Waals surface area contributed by atoms with Crippen molar-refractivity contribution in [3.63, 3.8) is 0 Å². The minimum absolute atomic E-state index is 0.0465. The first-order chi connectivity index (χ1) is 19.3. The van der Waals surface area contributed by atoms with E-state index in [1.54, 1.807) is 0 Å². The summed E-state index contributed by atoms with van der Waals surface area (Å²) in [7, 11) is 2.86. The van der Waals surface area contributed by atoms with Gasteiger partial charge in [-0.05, 0) is 54.6 Å². The predicted molar refractivity (Wildman–Crippen MR) is 140 cm³/mol. The monoisotopic (exact) mass is 621 g/mol. The molecule has 3 aromatic rings. The third-order valence-electron chi connectivity index (χ3n) is 6.01. The van der Waals surface area contributed by atoms with Crippen LogP contribution in [-0.2, 0) is 21.1 Å². The summed E-state index contributed by atoms with van der Waals surface area (Å²) in [6.45, 7) is -5.81. The van der Waals surface area contributed by atoms with Crippen LogP contribution in [0.5, 0.6) is 23.0 Å². The molecule has 3 atom stereocenters. The summed E-state index contributed by atoms with van der Waals surface area (Å²) in [5, 5.41) is 10.4. The highest BCUT2D eigenvalue weighted by molar-refractivity contribution is 8.07. The number of nitrogens with two attached hydrogens (primary N) is 1. The summed E-state index contributed by atoms with van der Waals surface area (Å²) in [4.78, 5) is 15.6. The first kappa shape index (κ1) is 30.5. The van der Waals surface area contributed by atoms with Crippen LogP contribution in [0.15, 0.2) is 65.6 Å². The number of methoxy groups -OCH3 is 2. The SMILES string of the molecule is COc1ccc(OP(=S)(OC[C@@]2(C(F)F)O[C@@H](n3ccc(N)nc3=O)[C@@H](O)C2(F)F)Oc2ccc(OC)cc2)cc1. The van der Waals surface area contributed by atoms with Crippen molar-refractivity contribution in [3.05, 3.63) is 71.3 Å². The second kappa shape index (κ2) is 11.8. The molecule has 222 valence electrons. The van der Waals surface area contributed by atoms with Crippen molar-refractivity contribution < 1.29 is 50.5 Å². The number of benzene rings is 2. The van der Waals surface area contributed by atoms with Crippen LogP contribution in [0, 0.1) is 0 Å². The molecule has 4 rings (SSSR count). The number of anilines is 1. The van der Waals surface area contributed by atoms with Gasteiger partial charge < -0.3 is 34.1 Å². The second-order valence-electron chi connectivity index (χ2n) is 8.56. The number of ether oxygens (including phenoxy) is 3. The summed E-state index contributed by atoms with van der Waals surface area (Å²) in [5.41, 5.74) is 0.405. The van der Waals surface area contributed by atoms with Gasteiger partial charge in [0.25, 0.3) is 6.43 Å². The van der Waals surface area contributed by atoms with Crippen molar-refractivity contribution in [1.29, 1.82) is 0 Å². The summed E-state index contributed by atoms with van der Waals surface area (Å²) in [6.07, 6.45) is -8.25. The number of nitrogen functional groups attached to an aromatic ring is 1. The Bertz CT molecular complexity index is 1410. The molecule has 2 aromatic carbocycles. The van der Waals surface area contributed by atoms with E-state index >= 15 is 8.78 Å². The van der Waals surface area contributed by atoms with Crippen molar-refractivity contribution in [3.8, 4) is 23.0 Å². The predicted octanol–water partition coefficient (Wildman–Crippen LogP) is 3.77. The van der Waals surface area contributed by atoms with E-state index in [1.807, 2.05) is 0 Å². The lowest BCUT2D eigenvalue weighted by Gasteiger charge is -2.34. The number of rotatable bonds is 11. The Labute approximate surface area is 235 Å². The summed E-state index contributed by atoms with van der Waals surface area (Å²) in [5.74, 6) is -3.93. The highest BCUT2D eigenvalue weighted by Crippen LogP contribution is 2.56. The van der Waals surface area contributed by atoms with Crippen molar-refractivity contribution in [2.24, 2.45) is 0 Å². The molecule has 1 aliphatic heterocycles. The zero-order valence-corrected chi connectivity index (χ0v) is 23.1. The molecule has 0 unspecified atom stereocenters. The van der Waals surface area contributed by atoms with Crippen LogP contribution in [0.3, 0.4) is 0 Å². The minimum Gasteiger partial charge on any atom is -0.497 e. The lowest BCUT2D eigenvalue weighted by molar-refractivity contribution is -0.242. The van der Waals surface area contributed by atoms with Gasteiger partial charge in [0.2, 0.25) is 5.60 Å². The lowest BCUT2D eigenvalue weighted by Crippen LogP contribution is -2.57. The molecule has 3 N–H and O–H groups in total. The normalized spacial score (nSPS) is 22.0. The van der Waals surface area contributed by atoms with Gasteiger partial charge in [0.1, 0.15) is 28.8 Å². The maximum absolute atomic E-state index is 15.4. The highest BCUT2D eigenvalue weighted by atomic mass is 32.5. The molecule has 1 aromatic heterocycles. The number of hydrogen-bond acceptors (Lipinski definition) is 11. The van der Waals surface area contributed by atoms with Crippen molar-refractivity contribution >= 4 is 24.3 Å². The molecule has 17 heteroatoms. The molecule has 41 heavy (non-hydrogen) atoms. The molecule has 0 amide bonds. The van der Waals surface area contributed by atoms with E-state index in [0.29, 0.717) is 16.1 Å². The number of halogens is 4. The van der Waals surface area contributed by atoms with Crippen molar-refractivity contribution in [1.82, 2.24) is 9.55 Å². The van der Waals surface area contributed by atoms with Gasteiger partial charge in [0, 0.05) is 18.0 Å². The summed E-state index contributed by atoms with van der Waals surface area (Å²) >= 11 is 5.42. The van der Waals surface area contributed by atoms with Crippen LogP contribution in [0.4, 0.5) is 23.4 Å². The number of aliphatic hydroxyl groups is 1. The third-order valence-corrected chi connectivity index (χ3v) is 8.08. The number of hydrogen-bond donors (Lipinski definition) is 2. The zero-order chi connectivity index (χ0) is 30.0. The van der Waals surface area contributed by atoms with Crippen LogP contribution in [-0.4, -0.2) is 59.5 Å². The molecule has 1 saturated heterocycles. The first-order valence-electron chi connectivity index (χ1n) is 11.6. The number of aliphatic hydroxyl groups excluding tert-OH is 1. The summed E-state index contributed by atoms with van der Waals surface area (Å²) < 4.78 is 92.2. The van der Waals surface area contributed by atoms with Gasteiger partial charge in [0.15, 0.2) is 12.3 Å². The maximum Gasteiger partial charge on any atom is 0.435 e. The number of alkyl halides is 4. The van der Waals surface area contributed by atoms with Gasteiger partial charge in [-0.15, -0.1) is 0 Å². The van der Waals surface area contributed by atoms with Crippen LogP contribution < -0.4 is 29.9 Å². The van der Waals surface area contributed by atoms with Crippen molar-refractivity contribution in [2.45, 2.75) is 30.3 Å². The molecule has 0 aliphatic carbocycles. The second-order valence-corrected chi connectivity index (χ2v) is 11.4. The van der Waals surface area contributed by atoms with Gasteiger partial charge in [-0.1, -0.05) is 0 Å². The molecule has 2 heterocycles. The Morgan fingerprint density at radius 1 is 1.02 bits per heavy atom. The highest BCUT2D eigenvalue weighted by Gasteiger charge is 2.74. The van der Waals surface area contributed by atoms with Gasteiger partial charge in [-0.3, -0.25) is 9.09 Å². The van der Waals surface area contributed by atoms with Crippen LogP contribution >= 0.6 is 6.72 Å². The van der Waals surface area contributed by atoms with Gasteiger partial charge in [0.05, 0.1) is 20.8 Å². The Morgan fingerprint density at radius 3 is 1.95 bits per heavy atom. The molecule has 0 saturated carbocycles. The molecular weight excluding hydrogens is 597 g/mol. The third kappa shape index (κ3) is 6.11. The molecule has 0 spiro atoms. The van der Waals surface area contributed by atoms with Crippen LogP contribution in [0.1, 0.15) is 6.23 Å². The van der Waals surface area contributed by atoms with Crippen LogP contribution in [0.25, 0.3) is 0 Å². The zero-order valence-electron chi connectivity index (χ0n) is 21.4. The fraction of sp³-hybridized carbons (Fsp3) is 0.333. The van der Waals surface area contributed by atoms with Crippen LogP contribution in [0.2, 0.25) is 0 Å². The van der Waals surface area contributed by atoms with E-state index in [0.717, 1.165) is 12.3 Å². The standard InChI is InChI=1S/C24H24F4N3O8PS/c1-34-14-3-7-16(8-4-14)38-40(41,39-17-9-5-15(35-2)6-10-17)36-13-23(21(25)26)24(27,28)19(32)20(37-23)31-12-11-18(29)30-22(31)33/h3-12,19-21,32H,13H2,1-2H3,(H2,29,30,33)/t19-,20-,23+/m1/s1. The Hall–Kier alpha value is -3.43. The quantitative estimate of drug-likeness (QED) is 0.239. The van der Waals surface area contributed by atoms with Crippen molar-refractivity contribution in [2.75, 3.05) is 26.6 Å². The van der Waals surface area contributed by atoms with Gasteiger partial charge in [-0.2, -0.15) is 13.8 Å². The van der Waals surface area contributed by atoms with E-state index in [1.165, 1.54) is 62.8 Å². The lowest BCUT2D eigenvalue weighted by atomic mass is 9.95. The molecule has 11 nitrogen and oxygen atoms in total. The molecule has 0 bridgehead atoms. The molecular formula is C24H24F4N3O8PS. The average Bonchev–Trinajstić information content (AvgIpc) is 3.14. The Balaban J connectivity index is 1.68. The van der Waals surface area contributed by atoms with E-state index in [9.17, 15) is 18.7 Å². The van der Waals surface area contributed by atoms with E-state index in [-0.39, 0.29) is 17.3 Å². The fourth-order valence-corrected chi connectivity index (χ4v) is 5.71. The van der Waals surface area contributed by atoms with E-state index in [4.69, 9.17) is 45.3 Å². The summed E-state index contributed by atoms with van der Waals surface area (Å²) in [6, 6.07) is 12.7. The smallest absolute Gasteiger partial charge is 0.435 e. The largest absolute Gasteiger partial charge is 0.497 e. The molecule has 1 fully saturated rings. The Morgan fingerprint density at radius 2 is 1.51 bits per heavy atom. The Kier molecular flexibility index (Phi) is 8.80.